The van der Waals surface area contributed by atoms with Crippen molar-refractivity contribution in [3.63, 3.8) is 0 Å². The highest BCUT2D eigenvalue weighted by molar-refractivity contribution is 5.82. The van der Waals surface area contributed by atoms with Crippen molar-refractivity contribution in [3.8, 4) is 0 Å². The highest BCUT2D eigenvalue weighted by Gasteiger charge is 2.89. The van der Waals surface area contributed by atoms with E-state index < -0.39 is 0 Å². The molecule has 138 valence electrons. The number of fused-ring (bicyclic) bond motifs is 1. The fourth-order valence-electron chi connectivity index (χ4n) is 9.19. The number of hydrogen-bond acceptors (Lipinski definition) is 3. The third kappa shape index (κ3) is 1.24. The molecule has 4 heteroatoms. The summed E-state index contributed by atoms with van der Waals surface area (Å²) >= 11 is 0. The number of quaternary nitrogens is 1. The Kier molecular flexibility index (Phi) is 2.56. The van der Waals surface area contributed by atoms with Gasteiger partial charge in [-0.25, -0.2) is 0 Å². The van der Waals surface area contributed by atoms with Crippen molar-refractivity contribution in [1.82, 2.24) is 0 Å². The number of methoxy groups -OCH3 is 1. The average Bonchev–Trinajstić information content (AvgIpc) is 3.27. The van der Waals surface area contributed by atoms with E-state index in [0.717, 1.165) is 6.42 Å². The molecule has 0 amide bonds. The molecule has 1 unspecified atom stereocenters. The maximum Gasteiger partial charge on any atom is 0.311 e. The van der Waals surface area contributed by atoms with Gasteiger partial charge in [0, 0.05) is 17.5 Å². The summed E-state index contributed by atoms with van der Waals surface area (Å²) in [4.78, 5) is 13.0. The zero-order chi connectivity index (χ0) is 17.9. The van der Waals surface area contributed by atoms with Crippen LogP contribution in [-0.2, 0) is 14.9 Å². The van der Waals surface area contributed by atoms with Gasteiger partial charge in [0.25, 0.3) is 0 Å². The molecule has 5 aliphatic rings. The van der Waals surface area contributed by atoms with Crippen molar-refractivity contribution in [1.29, 1.82) is 0 Å². The number of hydrogen-bond donors (Lipinski definition) is 1. The summed E-state index contributed by atoms with van der Waals surface area (Å²) in [6.07, 6.45) is 4.76. The van der Waals surface area contributed by atoms with E-state index in [1.165, 1.54) is 48.1 Å². The lowest BCUT2D eigenvalue weighted by Gasteiger charge is -2.54. The van der Waals surface area contributed by atoms with Crippen molar-refractivity contribution in [2.45, 2.75) is 49.6 Å². The van der Waals surface area contributed by atoms with Crippen LogP contribution in [0.25, 0.3) is 0 Å². The fourth-order valence-corrected chi connectivity index (χ4v) is 9.19. The number of esters is 1. The van der Waals surface area contributed by atoms with Crippen LogP contribution in [-0.4, -0.2) is 49.3 Å². The fraction of sp³-hybridized carbons (Fsp3) is 0.682. The predicted octanol–water partition coefficient (Wildman–Crippen LogP) is 2.93. The monoisotopic (exact) mass is 353 g/mol. The Morgan fingerprint density at radius 2 is 2.08 bits per heavy atom. The van der Waals surface area contributed by atoms with Crippen LogP contribution in [0.15, 0.2) is 24.3 Å². The van der Waals surface area contributed by atoms with E-state index in [0.29, 0.717) is 12.0 Å². The normalized spacial score (nSPS) is 52.2. The molecule has 0 aromatic heterocycles. The number of ether oxygens (including phenoxy) is 1. The molecule has 1 aromatic carbocycles. The number of likely N-dealkylation sites (N-methyl/N-ethyl adjacent to an activating group) is 1. The largest absolute Gasteiger partial charge is 0.469 e. The smallest absolute Gasteiger partial charge is 0.311 e. The third-order valence-electron chi connectivity index (χ3n) is 9.62. The minimum Gasteiger partial charge on any atom is -0.469 e. The van der Waals surface area contributed by atoms with Gasteiger partial charge in [-0.15, -0.1) is 0 Å². The van der Waals surface area contributed by atoms with Crippen LogP contribution in [0.3, 0.4) is 0 Å². The maximum atomic E-state index is 13.0. The van der Waals surface area contributed by atoms with Crippen molar-refractivity contribution < 1.29 is 14.0 Å². The number of nitrogens with one attached hydrogen (secondary N) is 1. The summed E-state index contributed by atoms with van der Waals surface area (Å²) in [5, 5.41) is 3.99. The number of benzene rings is 1. The molecule has 0 radical (unpaired) electrons. The number of rotatable bonds is 1. The lowest BCUT2D eigenvalue weighted by Crippen LogP contribution is -2.67. The van der Waals surface area contributed by atoms with Crippen LogP contribution in [0.5, 0.6) is 0 Å². The van der Waals surface area contributed by atoms with Crippen molar-refractivity contribution in [2.24, 2.45) is 17.3 Å². The predicted molar refractivity (Wildman–Crippen MR) is 99.8 cm³/mol. The van der Waals surface area contributed by atoms with Gasteiger partial charge in [-0.3, -0.25) is 4.79 Å². The van der Waals surface area contributed by atoms with E-state index in [2.05, 4.69) is 43.6 Å². The lowest BCUT2D eigenvalue weighted by molar-refractivity contribution is -0.936. The van der Waals surface area contributed by atoms with Gasteiger partial charge in [-0.1, -0.05) is 25.1 Å². The van der Waals surface area contributed by atoms with Crippen LogP contribution in [0.2, 0.25) is 0 Å². The highest BCUT2D eigenvalue weighted by Crippen LogP contribution is 2.80. The van der Waals surface area contributed by atoms with E-state index in [-0.39, 0.29) is 28.3 Å². The molecule has 4 nitrogen and oxygen atoms in total. The minimum atomic E-state index is -0.172. The number of carbonyl (C=O) groups excluding carboxylic acids is 1. The summed E-state index contributed by atoms with van der Waals surface area (Å²) in [6, 6.07) is 9.52. The van der Waals surface area contributed by atoms with Gasteiger partial charge >= 0.3 is 5.97 Å². The lowest BCUT2D eigenvalue weighted by atomic mass is 9.56. The summed E-state index contributed by atoms with van der Waals surface area (Å²) < 4.78 is 6.56. The van der Waals surface area contributed by atoms with Gasteiger partial charge in [0.2, 0.25) is 0 Å². The molecule has 7 atom stereocenters. The highest BCUT2D eigenvalue weighted by atomic mass is 16.5. The zero-order valence-corrected chi connectivity index (χ0v) is 16.0. The average molecular weight is 353 g/mol. The second-order valence-corrected chi connectivity index (χ2v) is 9.93. The summed E-state index contributed by atoms with van der Waals surface area (Å²) in [5.41, 5.74) is 2.92. The Morgan fingerprint density at radius 1 is 1.27 bits per heavy atom. The molecule has 1 aromatic rings. The first kappa shape index (κ1) is 15.5. The molecule has 2 bridgehead atoms. The standard InChI is InChI=1S/C22H29N2O2/c1-14-20-9-6-11-24(2)12-10-21(19(20)24)15-7-4-5-8-17(15)23-22(14,21)16(13-20)18(25)26-3/h4-5,7-8,14,16,19,23H,6,9-13H2,1-3H3/q+1/t14-,16+,19+,20-,21-,22-,24?/m1/s1. The van der Waals surface area contributed by atoms with Crippen molar-refractivity contribution in [2.75, 3.05) is 32.6 Å². The van der Waals surface area contributed by atoms with Crippen molar-refractivity contribution >= 4 is 11.7 Å². The number of piperidine rings is 1. The molecule has 1 N–H and O–H groups in total. The van der Waals surface area contributed by atoms with Crippen LogP contribution >= 0.6 is 0 Å². The molecule has 3 spiro atoms. The molecule has 2 saturated carbocycles. The van der Waals surface area contributed by atoms with E-state index in [1.807, 2.05) is 0 Å². The Morgan fingerprint density at radius 3 is 2.88 bits per heavy atom. The number of para-hydroxylation sites is 1. The first-order chi connectivity index (χ1) is 12.5. The number of carbonyl (C=O) groups is 1. The van der Waals surface area contributed by atoms with Gasteiger partial charge in [-0.2, -0.15) is 0 Å². The molecular weight excluding hydrogens is 324 g/mol. The van der Waals surface area contributed by atoms with Crippen LogP contribution < -0.4 is 5.32 Å². The Bertz CT molecular complexity index is 839. The Labute approximate surface area is 155 Å². The third-order valence-corrected chi connectivity index (χ3v) is 9.62. The second-order valence-electron chi connectivity index (χ2n) is 9.93. The SMILES string of the molecule is COC(=O)[C@@H]1C[C@]23CCC[N+]4(C)CC[C@@]5(c6ccccc6N[C@]15[C@@H]2C)[C@H]34. The molecule has 3 aliphatic heterocycles. The van der Waals surface area contributed by atoms with Crippen molar-refractivity contribution in [3.05, 3.63) is 29.8 Å². The first-order valence-corrected chi connectivity index (χ1v) is 10.3. The Hall–Kier alpha value is -1.55. The quantitative estimate of drug-likeness (QED) is 0.623. The maximum absolute atomic E-state index is 13.0. The van der Waals surface area contributed by atoms with E-state index in [9.17, 15) is 4.79 Å². The second kappa shape index (κ2) is 4.30. The first-order valence-electron chi connectivity index (χ1n) is 10.3. The summed E-state index contributed by atoms with van der Waals surface area (Å²) in [6.45, 7) is 4.98. The van der Waals surface area contributed by atoms with Gasteiger partial charge in [-0.05, 0) is 36.8 Å². The molecule has 2 saturated heterocycles. The van der Waals surface area contributed by atoms with Gasteiger partial charge in [0.15, 0.2) is 0 Å². The molecule has 4 fully saturated rings. The summed E-state index contributed by atoms with van der Waals surface area (Å²) in [5.74, 6) is 0.462. The summed E-state index contributed by atoms with van der Waals surface area (Å²) in [7, 11) is 4.06. The van der Waals surface area contributed by atoms with Crippen LogP contribution in [0, 0.1) is 17.3 Å². The van der Waals surface area contributed by atoms with E-state index in [1.54, 1.807) is 7.11 Å². The molecule has 26 heavy (non-hydrogen) atoms. The van der Waals surface area contributed by atoms with Gasteiger partial charge < -0.3 is 14.5 Å². The van der Waals surface area contributed by atoms with Gasteiger partial charge in [0.1, 0.15) is 6.04 Å². The number of nitrogens with zero attached hydrogens (tertiary/aromatic N) is 1. The van der Waals surface area contributed by atoms with Crippen LogP contribution in [0.1, 0.15) is 38.2 Å². The van der Waals surface area contributed by atoms with Gasteiger partial charge in [0.05, 0.1) is 44.1 Å². The molecule has 3 heterocycles. The molecular formula is C22H29N2O2+. The Balaban J connectivity index is 1.69. The van der Waals surface area contributed by atoms with E-state index >= 15 is 0 Å². The molecule has 6 rings (SSSR count). The molecule has 2 aliphatic carbocycles. The zero-order valence-electron chi connectivity index (χ0n) is 16.0. The van der Waals surface area contributed by atoms with E-state index in [4.69, 9.17) is 4.74 Å². The minimum absolute atomic E-state index is 0.00136. The van der Waals surface area contributed by atoms with Crippen LogP contribution in [0.4, 0.5) is 5.69 Å². The topological polar surface area (TPSA) is 38.3 Å². The number of anilines is 1.